The highest BCUT2D eigenvalue weighted by Gasteiger charge is 2.04. The van der Waals surface area contributed by atoms with E-state index in [9.17, 15) is 9.59 Å². The Labute approximate surface area is 133 Å². The number of benzene rings is 2. The van der Waals surface area contributed by atoms with Crippen LogP contribution in [0, 0.1) is 0 Å². The van der Waals surface area contributed by atoms with E-state index < -0.39 is 0 Å². The molecule has 0 aromatic heterocycles. The van der Waals surface area contributed by atoms with Gasteiger partial charge in [0.05, 0.1) is 12.7 Å². The van der Waals surface area contributed by atoms with Crippen LogP contribution in [-0.2, 0) is 4.74 Å². The van der Waals surface area contributed by atoms with Crippen LogP contribution in [0.1, 0.15) is 20.7 Å². The van der Waals surface area contributed by atoms with E-state index in [1.54, 1.807) is 54.7 Å². The van der Waals surface area contributed by atoms with Gasteiger partial charge in [-0.15, -0.1) is 0 Å². The number of anilines is 1. The number of allylic oxidation sites excluding steroid dienone is 1. The molecule has 4 nitrogen and oxygen atoms in total. The van der Waals surface area contributed by atoms with E-state index in [2.05, 4.69) is 10.1 Å². The Morgan fingerprint density at radius 2 is 1.59 bits per heavy atom. The number of hydrogen-bond acceptors (Lipinski definition) is 4. The Bertz CT molecular complexity index is 691. The van der Waals surface area contributed by atoms with Crippen LogP contribution in [0.25, 0.3) is 0 Å². The molecule has 2 rings (SSSR count). The average molecular weight is 316 g/mol. The van der Waals surface area contributed by atoms with Gasteiger partial charge in [-0.25, -0.2) is 4.79 Å². The lowest BCUT2D eigenvalue weighted by Gasteiger charge is -2.02. The van der Waals surface area contributed by atoms with Gasteiger partial charge in [-0.1, -0.05) is 11.6 Å². The lowest BCUT2D eigenvalue weighted by Crippen LogP contribution is -2.01. The molecule has 112 valence electrons. The van der Waals surface area contributed by atoms with E-state index >= 15 is 0 Å². The fourth-order valence-corrected chi connectivity index (χ4v) is 1.87. The van der Waals surface area contributed by atoms with Crippen LogP contribution in [0.15, 0.2) is 60.8 Å². The predicted octanol–water partition coefficient (Wildman–Crippen LogP) is 3.94. The van der Waals surface area contributed by atoms with Gasteiger partial charge in [0.2, 0.25) is 0 Å². The molecule has 5 heteroatoms. The molecule has 0 saturated carbocycles. The number of carbonyl (C=O) groups excluding carboxylic acids is 2. The number of ether oxygens (including phenoxy) is 1. The predicted molar refractivity (Wildman–Crippen MR) is 86.3 cm³/mol. The minimum atomic E-state index is -0.389. The summed E-state index contributed by atoms with van der Waals surface area (Å²) in [4.78, 5) is 23.2. The van der Waals surface area contributed by atoms with Gasteiger partial charge in [-0.3, -0.25) is 4.79 Å². The molecular weight excluding hydrogens is 302 g/mol. The molecule has 0 amide bonds. The van der Waals surface area contributed by atoms with Gasteiger partial charge in [0.15, 0.2) is 5.78 Å². The van der Waals surface area contributed by atoms with Crippen LogP contribution in [-0.4, -0.2) is 18.9 Å². The Kier molecular flexibility index (Phi) is 5.33. The van der Waals surface area contributed by atoms with E-state index in [-0.39, 0.29) is 11.8 Å². The highest BCUT2D eigenvalue weighted by Crippen LogP contribution is 2.12. The summed E-state index contributed by atoms with van der Waals surface area (Å²) in [5.41, 5.74) is 1.78. The molecule has 0 radical (unpaired) electrons. The van der Waals surface area contributed by atoms with Gasteiger partial charge in [-0.05, 0) is 48.5 Å². The maximum Gasteiger partial charge on any atom is 0.337 e. The minimum absolute atomic E-state index is 0.129. The van der Waals surface area contributed by atoms with Crippen molar-refractivity contribution in [1.29, 1.82) is 0 Å². The number of nitrogens with one attached hydrogen (secondary N) is 1. The molecule has 0 atom stereocenters. The van der Waals surface area contributed by atoms with E-state index in [4.69, 9.17) is 11.6 Å². The number of halogens is 1. The standard InChI is InChI=1S/C17H14ClNO3/c1-22-17(21)13-4-8-15(9-5-13)19-11-10-16(20)12-2-6-14(18)7-3-12/h2-11,19H,1H3/b11-10+. The van der Waals surface area contributed by atoms with Gasteiger partial charge in [0.25, 0.3) is 0 Å². The van der Waals surface area contributed by atoms with Crippen LogP contribution >= 0.6 is 11.6 Å². The second-order valence-electron chi connectivity index (χ2n) is 4.42. The summed E-state index contributed by atoms with van der Waals surface area (Å²) in [6, 6.07) is 13.4. The molecule has 0 saturated heterocycles. The summed E-state index contributed by atoms with van der Waals surface area (Å²) in [7, 11) is 1.33. The van der Waals surface area contributed by atoms with E-state index in [0.717, 1.165) is 5.69 Å². The van der Waals surface area contributed by atoms with Crippen molar-refractivity contribution in [1.82, 2.24) is 0 Å². The Hall–Kier alpha value is -2.59. The number of rotatable bonds is 5. The zero-order valence-corrected chi connectivity index (χ0v) is 12.6. The maximum absolute atomic E-state index is 11.9. The highest BCUT2D eigenvalue weighted by atomic mass is 35.5. The molecule has 0 spiro atoms. The molecule has 0 aliphatic carbocycles. The van der Waals surface area contributed by atoms with Crippen molar-refractivity contribution in [2.75, 3.05) is 12.4 Å². The zero-order chi connectivity index (χ0) is 15.9. The number of esters is 1. The molecule has 0 heterocycles. The van der Waals surface area contributed by atoms with E-state index in [1.807, 2.05) is 0 Å². The third-order valence-electron chi connectivity index (χ3n) is 2.92. The molecule has 0 bridgehead atoms. The lowest BCUT2D eigenvalue weighted by atomic mass is 10.1. The fraction of sp³-hybridized carbons (Fsp3) is 0.0588. The van der Waals surface area contributed by atoms with Gasteiger partial charge >= 0.3 is 5.97 Å². The Balaban J connectivity index is 1.95. The number of ketones is 1. The Morgan fingerprint density at radius 3 is 2.18 bits per heavy atom. The minimum Gasteiger partial charge on any atom is -0.465 e. The van der Waals surface area contributed by atoms with Crippen molar-refractivity contribution in [3.63, 3.8) is 0 Å². The molecule has 0 aliphatic rings. The molecule has 0 aliphatic heterocycles. The van der Waals surface area contributed by atoms with Gasteiger partial charge < -0.3 is 10.1 Å². The fourth-order valence-electron chi connectivity index (χ4n) is 1.74. The summed E-state index contributed by atoms with van der Waals surface area (Å²) in [6.07, 6.45) is 2.97. The summed E-state index contributed by atoms with van der Waals surface area (Å²) >= 11 is 5.77. The molecular formula is C17H14ClNO3. The summed E-state index contributed by atoms with van der Waals surface area (Å²) in [5, 5.41) is 3.55. The number of hydrogen-bond donors (Lipinski definition) is 1. The smallest absolute Gasteiger partial charge is 0.337 e. The Morgan fingerprint density at radius 1 is 1.00 bits per heavy atom. The van der Waals surface area contributed by atoms with Crippen molar-refractivity contribution in [2.45, 2.75) is 0 Å². The van der Waals surface area contributed by atoms with Gasteiger partial charge in [-0.2, -0.15) is 0 Å². The molecule has 0 fully saturated rings. The quantitative estimate of drug-likeness (QED) is 0.516. The SMILES string of the molecule is COC(=O)c1ccc(N/C=C/C(=O)c2ccc(Cl)cc2)cc1. The van der Waals surface area contributed by atoms with Crippen molar-refractivity contribution in [3.05, 3.63) is 77.0 Å². The largest absolute Gasteiger partial charge is 0.465 e. The van der Waals surface area contributed by atoms with Gasteiger partial charge in [0.1, 0.15) is 0 Å². The van der Waals surface area contributed by atoms with Crippen molar-refractivity contribution < 1.29 is 14.3 Å². The van der Waals surface area contributed by atoms with Crippen LogP contribution in [0.2, 0.25) is 5.02 Å². The van der Waals surface area contributed by atoms with Crippen LogP contribution in [0.3, 0.4) is 0 Å². The van der Waals surface area contributed by atoms with Crippen molar-refractivity contribution >= 4 is 29.0 Å². The maximum atomic E-state index is 11.9. The van der Waals surface area contributed by atoms with Gasteiger partial charge in [0, 0.05) is 28.5 Å². The van der Waals surface area contributed by atoms with Crippen LogP contribution in [0.5, 0.6) is 0 Å². The first-order chi connectivity index (χ1) is 10.6. The molecule has 1 N–H and O–H groups in total. The number of carbonyl (C=O) groups is 2. The normalized spacial score (nSPS) is 10.5. The molecule has 0 unspecified atom stereocenters. The van der Waals surface area contributed by atoms with E-state index in [1.165, 1.54) is 13.2 Å². The summed E-state index contributed by atoms with van der Waals surface area (Å²) in [5.74, 6) is -0.518. The first-order valence-electron chi connectivity index (χ1n) is 6.51. The lowest BCUT2D eigenvalue weighted by molar-refractivity contribution is 0.0600. The van der Waals surface area contributed by atoms with Crippen molar-refractivity contribution in [2.24, 2.45) is 0 Å². The molecule has 2 aromatic rings. The molecule has 22 heavy (non-hydrogen) atoms. The molecule has 2 aromatic carbocycles. The first kappa shape index (κ1) is 15.8. The third kappa shape index (κ3) is 4.20. The topological polar surface area (TPSA) is 55.4 Å². The number of methoxy groups -OCH3 is 1. The monoisotopic (exact) mass is 315 g/mol. The first-order valence-corrected chi connectivity index (χ1v) is 6.89. The van der Waals surface area contributed by atoms with Crippen LogP contribution in [0.4, 0.5) is 5.69 Å². The van der Waals surface area contributed by atoms with Crippen LogP contribution < -0.4 is 5.32 Å². The van der Waals surface area contributed by atoms with E-state index in [0.29, 0.717) is 16.1 Å². The zero-order valence-electron chi connectivity index (χ0n) is 11.9. The van der Waals surface area contributed by atoms with Crippen molar-refractivity contribution in [3.8, 4) is 0 Å². The highest BCUT2D eigenvalue weighted by molar-refractivity contribution is 6.30. The second-order valence-corrected chi connectivity index (χ2v) is 4.85. The summed E-state index contributed by atoms with van der Waals surface area (Å²) in [6.45, 7) is 0. The summed E-state index contributed by atoms with van der Waals surface area (Å²) < 4.78 is 4.62. The third-order valence-corrected chi connectivity index (χ3v) is 3.17. The second kappa shape index (κ2) is 7.43. The average Bonchev–Trinajstić information content (AvgIpc) is 2.55.